The van der Waals surface area contributed by atoms with Crippen LogP contribution in [0.5, 0.6) is 0 Å². The fourth-order valence-corrected chi connectivity index (χ4v) is 1.51. The number of primary amides is 1. The lowest BCUT2D eigenvalue weighted by atomic mass is 10.2. The zero-order valence-corrected chi connectivity index (χ0v) is 10.2. The molecular formula is C11H13N3O5. The van der Waals surface area contributed by atoms with E-state index in [1.807, 2.05) is 0 Å². The Balaban J connectivity index is 3.26. The quantitative estimate of drug-likeness (QED) is 0.630. The summed E-state index contributed by atoms with van der Waals surface area (Å²) >= 11 is 0. The van der Waals surface area contributed by atoms with Gasteiger partial charge >= 0.3 is 11.9 Å². The number of carbonyl (C=O) groups is 3. The summed E-state index contributed by atoms with van der Waals surface area (Å²) in [7, 11) is 0. The van der Waals surface area contributed by atoms with Crippen LogP contribution in [0.3, 0.4) is 0 Å². The van der Waals surface area contributed by atoms with Crippen molar-refractivity contribution in [3.05, 3.63) is 23.4 Å². The van der Waals surface area contributed by atoms with Crippen LogP contribution in [0.15, 0.2) is 12.1 Å². The van der Waals surface area contributed by atoms with Gasteiger partial charge in [0.15, 0.2) is 0 Å². The summed E-state index contributed by atoms with van der Waals surface area (Å²) in [4.78, 5) is 37.7. The molecule has 0 radical (unpaired) electrons. The van der Waals surface area contributed by atoms with Crippen molar-refractivity contribution in [3.63, 3.8) is 0 Å². The SMILES string of the molecule is Cc1ccc(C(N)=O)c(N(CC(=O)O)CC(=O)O)n1. The molecule has 1 amide bonds. The van der Waals surface area contributed by atoms with Gasteiger partial charge in [0.1, 0.15) is 18.9 Å². The fourth-order valence-electron chi connectivity index (χ4n) is 1.51. The van der Waals surface area contributed by atoms with Crippen LogP contribution in [0.4, 0.5) is 5.82 Å². The molecule has 8 heteroatoms. The first-order valence-electron chi connectivity index (χ1n) is 5.27. The van der Waals surface area contributed by atoms with Crippen molar-refractivity contribution in [2.45, 2.75) is 6.92 Å². The number of carboxylic acids is 2. The Hall–Kier alpha value is -2.64. The van der Waals surface area contributed by atoms with E-state index in [2.05, 4.69) is 4.98 Å². The van der Waals surface area contributed by atoms with Crippen LogP contribution >= 0.6 is 0 Å². The monoisotopic (exact) mass is 267 g/mol. The number of hydrogen-bond donors (Lipinski definition) is 3. The molecule has 0 atom stereocenters. The minimum Gasteiger partial charge on any atom is -0.480 e. The molecule has 1 aromatic rings. The first-order valence-corrected chi connectivity index (χ1v) is 5.27. The molecule has 102 valence electrons. The second kappa shape index (κ2) is 5.80. The Morgan fingerprint density at radius 3 is 2.16 bits per heavy atom. The summed E-state index contributed by atoms with van der Waals surface area (Å²) in [5, 5.41) is 17.6. The zero-order valence-electron chi connectivity index (χ0n) is 10.2. The van der Waals surface area contributed by atoms with Gasteiger partial charge in [-0.15, -0.1) is 0 Å². The zero-order chi connectivity index (χ0) is 14.6. The van der Waals surface area contributed by atoms with Gasteiger partial charge in [0.25, 0.3) is 5.91 Å². The number of aliphatic carboxylic acids is 2. The average Bonchev–Trinajstić information content (AvgIpc) is 2.26. The predicted molar refractivity (Wildman–Crippen MR) is 65.0 cm³/mol. The van der Waals surface area contributed by atoms with Crippen molar-refractivity contribution in [1.29, 1.82) is 0 Å². The van der Waals surface area contributed by atoms with E-state index in [1.165, 1.54) is 12.1 Å². The van der Waals surface area contributed by atoms with E-state index in [-0.39, 0.29) is 11.4 Å². The molecule has 0 saturated carbocycles. The smallest absolute Gasteiger partial charge is 0.323 e. The van der Waals surface area contributed by atoms with Crippen LogP contribution in [0, 0.1) is 6.92 Å². The van der Waals surface area contributed by atoms with Gasteiger partial charge in [-0.25, -0.2) is 4.98 Å². The lowest BCUT2D eigenvalue weighted by molar-refractivity contribution is -0.136. The van der Waals surface area contributed by atoms with Crippen molar-refractivity contribution in [3.8, 4) is 0 Å². The third-order valence-electron chi connectivity index (χ3n) is 2.23. The largest absolute Gasteiger partial charge is 0.480 e. The van der Waals surface area contributed by atoms with Gasteiger partial charge < -0.3 is 20.8 Å². The Labute approximate surface area is 108 Å². The number of carboxylic acid groups (broad SMARTS) is 2. The van der Waals surface area contributed by atoms with Crippen molar-refractivity contribution in [2.75, 3.05) is 18.0 Å². The molecule has 8 nitrogen and oxygen atoms in total. The lowest BCUT2D eigenvalue weighted by Gasteiger charge is -2.21. The minimum absolute atomic E-state index is 0.0203. The number of carbonyl (C=O) groups excluding carboxylic acids is 1. The molecular weight excluding hydrogens is 254 g/mol. The van der Waals surface area contributed by atoms with Gasteiger partial charge in [-0.2, -0.15) is 0 Å². The molecule has 1 rings (SSSR count). The van der Waals surface area contributed by atoms with Crippen LogP contribution in [-0.2, 0) is 9.59 Å². The van der Waals surface area contributed by atoms with Gasteiger partial charge in [-0.3, -0.25) is 14.4 Å². The topological polar surface area (TPSA) is 134 Å². The third-order valence-corrected chi connectivity index (χ3v) is 2.23. The molecule has 0 fully saturated rings. The van der Waals surface area contributed by atoms with Crippen LogP contribution in [0.1, 0.15) is 16.1 Å². The van der Waals surface area contributed by atoms with Crippen molar-refractivity contribution >= 4 is 23.7 Å². The molecule has 0 aromatic carbocycles. The molecule has 1 aromatic heterocycles. The first kappa shape index (κ1) is 14.4. The first-order chi connectivity index (χ1) is 8.81. The summed E-state index contributed by atoms with van der Waals surface area (Å²) < 4.78 is 0. The number of amides is 1. The van der Waals surface area contributed by atoms with Crippen molar-refractivity contribution in [1.82, 2.24) is 4.98 Å². The molecule has 0 bridgehead atoms. The maximum Gasteiger partial charge on any atom is 0.323 e. The van der Waals surface area contributed by atoms with E-state index in [9.17, 15) is 14.4 Å². The number of anilines is 1. The third kappa shape index (κ3) is 3.95. The van der Waals surface area contributed by atoms with Crippen LogP contribution in [-0.4, -0.2) is 46.1 Å². The van der Waals surface area contributed by atoms with Crippen LogP contribution in [0.25, 0.3) is 0 Å². The highest BCUT2D eigenvalue weighted by atomic mass is 16.4. The van der Waals surface area contributed by atoms with Gasteiger partial charge in [-0.1, -0.05) is 0 Å². The van der Waals surface area contributed by atoms with E-state index in [1.54, 1.807) is 6.92 Å². The number of nitrogens with two attached hydrogens (primary N) is 1. The number of rotatable bonds is 6. The molecule has 0 aliphatic heterocycles. The summed E-state index contributed by atoms with van der Waals surface area (Å²) in [6, 6.07) is 2.92. The van der Waals surface area contributed by atoms with Crippen molar-refractivity contribution in [2.24, 2.45) is 5.73 Å². The maximum atomic E-state index is 11.3. The van der Waals surface area contributed by atoms with Gasteiger partial charge in [0.05, 0.1) is 5.56 Å². The number of hydrogen-bond acceptors (Lipinski definition) is 5. The highest BCUT2D eigenvalue weighted by Gasteiger charge is 2.21. The fraction of sp³-hybridized carbons (Fsp3) is 0.273. The molecule has 4 N–H and O–H groups in total. The molecule has 0 unspecified atom stereocenters. The van der Waals surface area contributed by atoms with E-state index in [0.29, 0.717) is 5.69 Å². The van der Waals surface area contributed by atoms with E-state index < -0.39 is 30.9 Å². The second-order valence-corrected chi connectivity index (χ2v) is 3.83. The Kier molecular flexibility index (Phi) is 4.41. The highest BCUT2D eigenvalue weighted by molar-refractivity contribution is 5.98. The average molecular weight is 267 g/mol. The minimum atomic E-state index is -1.24. The predicted octanol–water partition coefficient (Wildman–Crippen LogP) is -0.535. The van der Waals surface area contributed by atoms with E-state index in [0.717, 1.165) is 4.90 Å². The Morgan fingerprint density at radius 2 is 1.74 bits per heavy atom. The molecule has 0 aliphatic carbocycles. The summed E-state index contributed by atoms with van der Waals surface area (Å²) in [5.41, 5.74) is 5.66. The number of nitrogens with zero attached hydrogens (tertiary/aromatic N) is 2. The second-order valence-electron chi connectivity index (χ2n) is 3.83. The Morgan fingerprint density at radius 1 is 1.21 bits per heavy atom. The summed E-state index contributed by atoms with van der Waals surface area (Å²) in [6.07, 6.45) is 0. The normalized spacial score (nSPS) is 9.95. The van der Waals surface area contributed by atoms with E-state index >= 15 is 0 Å². The standard InChI is InChI=1S/C11H13N3O5/c1-6-2-3-7(10(12)19)11(13-6)14(4-8(15)16)5-9(17)18/h2-3H,4-5H2,1H3,(H2,12,19)(H,15,16)(H,17,18). The Bertz CT molecular complexity index is 513. The summed E-state index contributed by atoms with van der Waals surface area (Å²) in [6.45, 7) is 0.444. The molecule has 0 spiro atoms. The molecule has 19 heavy (non-hydrogen) atoms. The van der Waals surface area contributed by atoms with Crippen LogP contribution < -0.4 is 10.6 Å². The van der Waals surface area contributed by atoms with E-state index in [4.69, 9.17) is 15.9 Å². The van der Waals surface area contributed by atoms with Gasteiger partial charge in [0, 0.05) is 5.69 Å². The number of aromatic nitrogens is 1. The molecule has 0 aliphatic rings. The maximum absolute atomic E-state index is 11.3. The van der Waals surface area contributed by atoms with Crippen LogP contribution in [0.2, 0.25) is 0 Å². The summed E-state index contributed by atoms with van der Waals surface area (Å²) in [5.74, 6) is -3.32. The lowest BCUT2D eigenvalue weighted by Crippen LogP contribution is -2.36. The number of pyridine rings is 1. The van der Waals surface area contributed by atoms with Gasteiger partial charge in [0.2, 0.25) is 0 Å². The molecule has 0 saturated heterocycles. The number of aryl methyl sites for hydroxylation is 1. The van der Waals surface area contributed by atoms with Crippen molar-refractivity contribution < 1.29 is 24.6 Å². The van der Waals surface area contributed by atoms with Gasteiger partial charge in [-0.05, 0) is 19.1 Å². The highest BCUT2D eigenvalue weighted by Crippen LogP contribution is 2.18. The molecule has 1 heterocycles.